The van der Waals surface area contributed by atoms with Gasteiger partial charge in [-0.25, -0.2) is 9.07 Å². The van der Waals surface area contributed by atoms with Crippen LogP contribution in [0.5, 0.6) is 0 Å². The van der Waals surface area contributed by atoms with Crippen molar-refractivity contribution in [1.29, 1.82) is 0 Å². The monoisotopic (exact) mass is 293 g/mol. The second kappa shape index (κ2) is 6.40. The van der Waals surface area contributed by atoms with Crippen LogP contribution in [0, 0.1) is 21.8 Å². The van der Waals surface area contributed by atoms with Crippen LogP contribution in [0.25, 0.3) is 5.69 Å². The predicted molar refractivity (Wildman–Crippen MR) is 74.5 cm³/mol. The van der Waals surface area contributed by atoms with Gasteiger partial charge < -0.3 is 5.32 Å². The molecule has 0 radical (unpaired) electrons. The van der Waals surface area contributed by atoms with Crippen LogP contribution in [0.2, 0.25) is 0 Å². The van der Waals surface area contributed by atoms with Gasteiger partial charge in [0.15, 0.2) is 11.5 Å². The van der Waals surface area contributed by atoms with Gasteiger partial charge >= 0.3 is 0 Å². The van der Waals surface area contributed by atoms with E-state index in [4.69, 9.17) is 0 Å². The second-order valence-electron chi connectivity index (χ2n) is 5.04. The lowest BCUT2D eigenvalue weighted by atomic mass is 10.2. The molecule has 0 bridgehead atoms. The summed E-state index contributed by atoms with van der Waals surface area (Å²) in [6.07, 6.45) is 1.48. The minimum absolute atomic E-state index is 0.204. The molecule has 0 amide bonds. The van der Waals surface area contributed by atoms with Gasteiger partial charge in [0.05, 0.1) is 16.8 Å². The third kappa shape index (κ3) is 3.60. The Labute approximate surface area is 120 Å². The minimum Gasteiger partial charge on any atom is -0.311 e. The molecule has 0 saturated carbocycles. The Hall–Kier alpha value is -2.35. The molecule has 0 fully saturated rings. The Balaban J connectivity index is 2.24. The summed E-state index contributed by atoms with van der Waals surface area (Å²) in [6, 6.07) is 3.68. The molecule has 112 valence electrons. The van der Waals surface area contributed by atoms with E-state index in [1.165, 1.54) is 18.3 Å². The highest BCUT2D eigenvalue weighted by Gasteiger charge is 2.20. The van der Waals surface area contributed by atoms with Gasteiger partial charge in [-0.05, 0) is 18.5 Å². The Kier molecular flexibility index (Phi) is 4.59. The van der Waals surface area contributed by atoms with Gasteiger partial charge in [-0.3, -0.25) is 10.1 Å². The fourth-order valence-corrected chi connectivity index (χ4v) is 1.86. The zero-order valence-corrected chi connectivity index (χ0v) is 11.8. The van der Waals surface area contributed by atoms with Gasteiger partial charge in [-0.2, -0.15) is 0 Å². The molecule has 8 heteroatoms. The fraction of sp³-hybridized carbons (Fsp3) is 0.385. The molecule has 0 aliphatic rings. The first-order valence-corrected chi connectivity index (χ1v) is 6.54. The maximum atomic E-state index is 13.9. The molecule has 1 N–H and O–H groups in total. The van der Waals surface area contributed by atoms with Crippen LogP contribution in [-0.4, -0.2) is 26.5 Å². The number of para-hydroxylation sites is 1. The van der Waals surface area contributed by atoms with Crippen molar-refractivity contribution in [3.8, 4) is 5.69 Å². The number of halogens is 1. The van der Waals surface area contributed by atoms with Crippen molar-refractivity contribution in [2.75, 3.05) is 6.54 Å². The maximum absolute atomic E-state index is 13.9. The third-order valence-corrected chi connectivity index (χ3v) is 2.79. The first-order valence-electron chi connectivity index (χ1n) is 6.54. The number of rotatable bonds is 6. The van der Waals surface area contributed by atoms with E-state index in [1.54, 1.807) is 0 Å². The normalized spacial score (nSPS) is 11.0. The quantitative estimate of drug-likeness (QED) is 0.651. The van der Waals surface area contributed by atoms with Crippen molar-refractivity contribution in [3.63, 3.8) is 0 Å². The zero-order valence-electron chi connectivity index (χ0n) is 11.8. The highest BCUT2D eigenvalue weighted by Crippen LogP contribution is 2.24. The Morgan fingerprint density at radius 1 is 1.48 bits per heavy atom. The summed E-state index contributed by atoms with van der Waals surface area (Å²) in [5.74, 6) is -0.219. The molecule has 2 rings (SSSR count). The molecule has 1 aromatic heterocycles. The third-order valence-electron chi connectivity index (χ3n) is 2.79. The largest absolute Gasteiger partial charge is 0.311 e. The lowest BCUT2D eigenvalue weighted by Crippen LogP contribution is -2.19. The Morgan fingerprint density at radius 2 is 2.24 bits per heavy atom. The van der Waals surface area contributed by atoms with Crippen molar-refractivity contribution in [2.24, 2.45) is 5.92 Å². The van der Waals surface area contributed by atoms with E-state index < -0.39 is 10.7 Å². The average Bonchev–Trinajstić information content (AvgIpc) is 2.86. The molecule has 0 aliphatic carbocycles. The summed E-state index contributed by atoms with van der Waals surface area (Å²) in [5, 5.41) is 21.8. The van der Waals surface area contributed by atoms with Gasteiger partial charge in [-0.15, -0.1) is 5.10 Å². The topological polar surface area (TPSA) is 85.9 Å². The number of hydrogen-bond donors (Lipinski definition) is 1. The molecule has 1 aromatic carbocycles. The van der Waals surface area contributed by atoms with Gasteiger partial charge in [0, 0.05) is 12.6 Å². The summed E-state index contributed by atoms with van der Waals surface area (Å²) in [4.78, 5) is 10.3. The summed E-state index contributed by atoms with van der Waals surface area (Å²) in [6.45, 7) is 5.44. The van der Waals surface area contributed by atoms with E-state index >= 15 is 0 Å². The van der Waals surface area contributed by atoms with Crippen molar-refractivity contribution in [3.05, 3.63) is 46.0 Å². The minimum atomic E-state index is -0.712. The van der Waals surface area contributed by atoms with Gasteiger partial charge in [0.25, 0.3) is 5.69 Å². The first-order chi connectivity index (χ1) is 9.99. The molecular formula is C13H16FN5O2. The summed E-state index contributed by atoms with van der Waals surface area (Å²) in [7, 11) is 0. The van der Waals surface area contributed by atoms with Crippen LogP contribution in [-0.2, 0) is 6.54 Å². The summed E-state index contributed by atoms with van der Waals surface area (Å²) in [5.41, 5.74) is 0.0416. The molecule has 0 aliphatic heterocycles. The van der Waals surface area contributed by atoms with Crippen molar-refractivity contribution >= 4 is 5.69 Å². The predicted octanol–water partition coefficient (Wildman–Crippen LogP) is 2.06. The van der Waals surface area contributed by atoms with E-state index in [-0.39, 0.29) is 11.4 Å². The number of aromatic nitrogens is 3. The Morgan fingerprint density at radius 3 is 2.90 bits per heavy atom. The smallest absolute Gasteiger partial charge is 0.297 e. The van der Waals surface area contributed by atoms with Crippen LogP contribution in [0.1, 0.15) is 19.5 Å². The summed E-state index contributed by atoms with van der Waals surface area (Å²) < 4.78 is 15.0. The number of nitro groups is 1. The van der Waals surface area contributed by atoms with E-state index in [0.29, 0.717) is 18.2 Å². The SMILES string of the molecule is CC(C)CNCc1cn(-c2c(F)cccc2[N+](=O)[O-])nn1. The lowest BCUT2D eigenvalue weighted by molar-refractivity contribution is -0.384. The fourth-order valence-electron chi connectivity index (χ4n) is 1.86. The zero-order chi connectivity index (χ0) is 15.4. The second-order valence-corrected chi connectivity index (χ2v) is 5.04. The number of nitrogens with one attached hydrogen (secondary N) is 1. The Bertz CT molecular complexity index is 641. The van der Waals surface area contributed by atoms with E-state index in [9.17, 15) is 14.5 Å². The number of nitrogens with zero attached hydrogens (tertiary/aromatic N) is 4. The maximum Gasteiger partial charge on any atom is 0.297 e. The van der Waals surface area contributed by atoms with Crippen LogP contribution in [0.4, 0.5) is 10.1 Å². The van der Waals surface area contributed by atoms with E-state index in [1.807, 2.05) is 0 Å². The first kappa shape index (κ1) is 15.0. The van der Waals surface area contributed by atoms with Crippen LogP contribution in [0.3, 0.4) is 0 Å². The molecule has 0 spiro atoms. The molecule has 21 heavy (non-hydrogen) atoms. The lowest BCUT2D eigenvalue weighted by Gasteiger charge is -2.04. The number of hydrogen-bond acceptors (Lipinski definition) is 5. The van der Waals surface area contributed by atoms with Crippen molar-refractivity contribution < 1.29 is 9.31 Å². The molecule has 1 heterocycles. The molecule has 0 unspecified atom stereocenters. The van der Waals surface area contributed by atoms with Crippen molar-refractivity contribution in [1.82, 2.24) is 20.3 Å². The van der Waals surface area contributed by atoms with Gasteiger partial charge in [0.2, 0.25) is 0 Å². The van der Waals surface area contributed by atoms with Gasteiger partial charge in [0.1, 0.15) is 0 Å². The molecule has 0 saturated heterocycles. The molecule has 2 aromatic rings. The van der Waals surface area contributed by atoms with Crippen molar-refractivity contribution in [2.45, 2.75) is 20.4 Å². The van der Waals surface area contributed by atoms with E-state index in [0.717, 1.165) is 17.3 Å². The molecule has 0 atom stereocenters. The highest BCUT2D eigenvalue weighted by molar-refractivity contribution is 5.52. The standard InChI is InChI=1S/C13H16FN5O2/c1-9(2)6-15-7-10-8-18(17-16-10)13-11(14)4-3-5-12(13)19(20)21/h3-5,8-9,15H,6-7H2,1-2H3. The van der Waals surface area contributed by atoms with E-state index in [2.05, 4.69) is 29.5 Å². The summed E-state index contributed by atoms with van der Waals surface area (Å²) >= 11 is 0. The van der Waals surface area contributed by atoms with Crippen LogP contribution >= 0.6 is 0 Å². The number of nitro benzene ring substituents is 1. The van der Waals surface area contributed by atoms with Crippen LogP contribution < -0.4 is 5.32 Å². The van der Waals surface area contributed by atoms with Gasteiger partial charge in [-0.1, -0.05) is 25.1 Å². The van der Waals surface area contributed by atoms with Crippen LogP contribution in [0.15, 0.2) is 24.4 Å². The molecule has 7 nitrogen and oxygen atoms in total. The molecular weight excluding hydrogens is 277 g/mol. The highest BCUT2D eigenvalue weighted by atomic mass is 19.1. The number of benzene rings is 1. The average molecular weight is 293 g/mol.